The summed E-state index contributed by atoms with van der Waals surface area (Å²) in [5, 5.41) is 4.61. The molecule has 1 N–H and O–H groups in total. The van der Waals surface area contributed by atoms with Gasteiger partial charge >= 0.3 is 0 Å². The molecule has 0 amide bonds. The van der Waals surface area contributed by atoms with Gasteiger partial charge in [0.2, 0.25) is 0 Å². The molecule has 0 radical (unpaired) electrons. The third kappa shape index (κ3) is 5.26. The second-order valence-corrected chi connectivity index (χ2v) is 5.95. The molecule has 1 fully saturated rings. The van der Waals surface area contributed by atoms with Crippen LogP contribution >= 0.6 is 11.8 Å². The van der Waals surface area contributed by atoms with E-state index in [4.69, 9.17) is 0 Å². The lowest BCUT2D eigenvalue weighted by molar-refractivity contribution is 0.530. The van der Waals surface area contributed by atoms with Gasteiger partial charge in [0.05, 0.1) is 0 Å². The topological polar surface area (TPSA) is 12.0 Å². The van der Waals surface area contributed by atoms with Gasteiger partial charge in [-0.05, 0) is 38.0 Å². The lowest BCUT2D eigenvalue weighted by Gasteiger charge is -2.20. The van der Waals surface area contributed by atoms with Crippen molar-refractivity contribution >= 4 is 11.8 Å². The Bertz CT molecular complexity index is 149. The SMILES string of the molecule is CCCCCSC1CCCC1NCCC. The highest BCUT2D eigenvalue weighted by molar-refractivity contribution is 7.99. The summed E-state index contributed by atoms with van der Waals surface area (Å²) in [7, 11) is 0. The Hall–Kier alpha value is 0.310. The van der Waals surface area contributed by atoms with E-state index in [0.717, 1.165) is 11.3 Å². The summed E-state index contributed by atoms with van der Waals surface area (Å²) in [4.78, 5) is 0. The van der Waals surface area contributed by atoms with Gasteiger partial charge in [-0.3, -0.25) is 0 Å². The molecule has 0 heterocycles. The van der Waals surface area contributed by atoms with Gasteiger partial charge in [0.25, 0.3) is 0 Å². The summed E-state index contributed by atoms with van der Waals surface area (Å²) in [6, 6.07) is 0.816. The third-order valence-corrected chi connectivity index (χ3v) is 4.71. The quantitative estimate of drug-likeness (QED) is 0.635. The molecule has 0 aliphatic heterocycles. The maximum atomic E-state index is 3.70. The molecule has 1 rings (SSSR count). The maximum absolute atomic E-state index is 3.70. The van der Waals surface area contributed by atoms with Crippen LogP contribution in [0.2, 0.25) is 0 Å². The van der Waals surface area contributed by atoms with Gasteiger partial charge in [-0.25, -0.2) is 0 Å². The molecule has 1 nitrogen and oxygen atoms in total. The Morgan fingerprint density at radius 2 is 2.00 bits per heavy atom. The van der Waals surface area contributed by atoms with Crippen molar-refractivity contribution in [2.24, 2.45) is 0 Å². The molecule has 1 aliphatic rings. The normalized spacial score (nSPS) is 26.0. The van der Waals surface area contributed by atoms with E-state index in [-0.39, 0.29) is 0 Å². The number of nitrogens with one attached hydrogen (secondary N) is 1. The highest BCUT2D eigenvalue weighted by atomic mass is 32.2. The predicted octanol–water partition coefficient (Wildman–Crippen LogP) is 3.83. The van der Waals surface area contributed by atoms with E-state index in [0.29, 0.717) is 0 Å². The van der Waals surface area contributed by atoms with E-state index >= 15 is 0 Å². The first kappa shape index (κ1) is 13.4. The fourth-order valence-corrected chi connectivity index (χ4v) is 3.75. The molecule has 0 aromatic rings. The van der Waals surface area contributed by atoms with Crippen LogP contribution in [0.4, 0.5) is 0 Å². The standard InChI is InChI=1S/C13H27NS/c1-3-5-6-11-15-13-9-7-8-12(13)14-10-4-2/h12-14H,3-11H2,1-2H3. The molecule has 1 aliphatic carbocycles. The van der Waals surface area contributed by atoms with Crippen molar-refractivity contribution in [1.29, 1.82) is 0 Å². The lowest BCUT2D eigenvalue weighted by Crippen LogP contribution is -2.34. The van der Waals surface area contributed by atoms with Crippen LogP contribution in [0.15, 0.2) is 0 Å². The predicted molar refractivity (Wildman–Crippen MR) is 71.7 cm³/mol. The van der Waals surface area contributed by atoms with Crippen molar-refractivity contribution in [2.45, 2.75) is 70.1 Å². The summed E-state index contributed by atoms with van der Waals surface area (Å²) < 4.78 is 0. The first-order valence-corrected chi connectivity index (χ1v) is 7.78. The van der Waals surface area contributed by atoms with Gasteiger partial charge in [-0.1, -0.05) is 33.1 Å². The van der Waals surface area contributed by atoms with E-state index in [1.54, 1.807) is 0 Å². The number of hydrogen-bond acceptors (Lipinski definition) is 2. The molecule has 90 valence electrons. The van der Waals surface area contributed by atoms with Crippen molar-refractivity contribution in [3.63, 3.8) is 0 Å². The molecular weight excluding hydrogens is 202 g/mol. The smallest absolute Gasteiger partial charge is 0.0201 e. The Kier molecular flexibility index (Phi) is 7.54. The highest BCUT2D eigenvalue weighted by Gasteiger charge is 2.26. The van der Waals surface area contributed by atoms with Crippen LogP contribution in [0.3, 0.4) is 0 Å². The van der Waals surface area contributed by atoms with E-state index in [1.165, 1.54) is 57.2 Å². The second kappa shape index (κ2) is 8.46. The fraction of sp³-hybridized carbons (Fsp3) is 1.00. The van der Waals surface area contributed by atoms with Crippen molar-refractivity contribution in [3.8, 4) is 0 Å². The van der Waals surface area contributed by atoms with Gasteiger partial charge in [0.15, 0.2) is 0 Å². The van der Waals surface area contributed by atoms with Crippen LogP contribution < -0.4 is 5.32 Å². The molecule has 2 heteroatoms. The van der Waals surface area contributed by atoms with Gasteiger partial charge in [-0.2, -0.15) is 11.8 Å². The van der Waals surface area contributed by atoms with Gasteiger partial charge < -0.3 is 5.32 Å². The van der Waals surface area contributed by atoms with Crippen LogP contribution in [0.5, 0.6) is 0 Å². The monoisotopic (exact) mass is 229 g/mol. The fourth-order valence-electron chi connectivity index (χ4n) is 2.28. The highest BCUT2D eigenvalue weighted by Crippen LogP contribution is 2.30. The molecule has 2 atom stereocenters. The summed E-state index contributed by atoms with van der Waals surface area (Å²) in [6.45, 7) is 5.74. The molecule has 0 aromatic heterocycles. The van der Waals surface area contributed by atoms with Crippen molar-refractivity contribution < 1.29 is 0 Å². The zero-order chi connectivity index (χ0) is 10.9. The van der Waals surface area contributed by atoms with Crippen LogP contribution in [-0.4, -0.2) is 23.6 Å². The van der Waals surface area contributed by atoms with Crippen LogP contribution in [0.1, 0.15) is 58.8 Å². The van der Waals surface area contributed by atoms with E-state index < -0.39 is 0 Å². The van der Waals surface area contributed by atoms with Crippen LogP contribution in [0.25, 0.3) is 0 Å². The van der Waals surface area contributed by atoms with E-state index in [2.05, 4.69) is 30.9 Å². The zero-order valence-electron chi connectivity index (χ0n) is 10.4. The molecule has 2 unspecified atom stereocenters. The molecule has 0 spiro atoms. The average molecular weight is 229 g/mol. The van der Waals surface area contributed by atoms with Gasteiger partial charge in [-0.15, -0.1) is 0 Å². The largest absolute Gasteiger partial charge is 0.313 e. The summed E-state index contributed by atoms with van der Waals surface area (Å²) in [5.41, 5.74) is 0. The Balaban J connectivity index is 2.09. The second-order valence-electron chi connectivity index (χ2n) is 4.61. The van der Waals surface area contributed by atoms with E-state index in [1.807, 2.05) is 0 Å². The lowest BCUT2D eigenvalue weighted by atomic mass is 10.2. The molecule has 1 saturated carbocycles. The molecule has 15 heavy (non-hydrogen) atoms. The molecule has 0 aromatic carbocycles. The molecular formula is C13H27NS. The average Bonchev–Trinajstić information content (AvgIpc) is 2.69. The maximum Gasteiger partial charge on any atom is 0.0201 e. The van der Waals surface area contributed by atoms with Crippen molar-refractivity contribution in [1.82, 2.24) is 5.32 Å². The third-order valence-electron chi connectivity index (χ3n) is 3.19. The summed E-state index contributed by atoms with van der Waals surface area (Å²) in [6.07, 6.45) is 9.73. The Morgan fingerprint density at radius 3 is 2.73 bits per heavy atom. The van der Waals surface area contributed by atoms with Crippen LogP contribution in [0, 0.1) is 0 Å². The van der Waals surface area contributed by atoms with Gasteiger partial charge in [0, 0.05) is 11.3 Å². The minimum Gasteiger partial charge on any atom is -0.313 e. The van der Waals surface area contributed by atoms with Crippen molar-refractivity contribution in [2.75, 3.05) is 12.3 Å². The Labute approximate surface area is 99.8 Å². The number of rotatable bonds is 8. The first-order valence-electron chi connectivity index (χ1n) is 6.73. The summed E-state index contributed by atoms with van der Waals surface area (Å²) >= 11 is 2.22. The number of thioether (sulfide) groups is 1. The number of unbranched alkanes of at least 4 members (excludes halogenated alkanes) is 2. The minimum atomic E-state index is 0.816. The van der Waals surface area contributed by atoms with Gasteiger partial charge in [0.1, 0.15) is 0 Å². The molecule has 0 bridgehead atoms. The van der Waals surface area contributed by atoms with E-state index in [9.17, 15) is 0 Å². The minimum absolute atomic E-state index is 0.816. The number of hydrogen-bond donors (Lipinski definition) is 1. The summed E-state index contributed by atoms with van der Waals surface area (Å²) in [5.74, 6) is 1.38. The van der Waals surface area contributed by atoms with Crippen molar-refractivity contribution in [3.05, 3.63) is 0 Å². The Morgan fingerprint density at radius 1 is 1.13 bits per heavy atom. The molecule has 0 saturated heterocycles. The van der Waals surface area contributed by atoms with Crippen LogP contribution in [-0.2, 0) is 0 Å². The zero-order valence-corrected chi connectivity index (χ0v) is 11.2. The first-order chi connectivity index (χ1) is 7.38.